The van der Waals surface area contributed by atoms with Crippen molar-refractivity contribution in [3.05, 3.63) is 53.1 Å². The van der Waals surface area contributed by atoms with Gasteiger partial charge in [-0.2, -0.15) is 0 Å². The van der Waals surface area contributed by atoms with Crippen molar-refractivity contribution < 1.29 is 0 Å². The zero-order valence-electron chi connectivity index (χ0n) is 8.94. The van der Waals surface area contributed by atoms with E-state index in [0.717, 1.165) is 21.4 Å². The monoisotopic (exact) mass is 284 g/mol. The molecule has 2 rings (SSSR count). The summed E-state index contributed by atoms with van der Waals surface area (Å²) >= 11 is 13.3. The maximum Gasteiger partial charge on any atom is 0.138 e. The summed E-state index contributed by atoms with van der Waals surface area (Å²) in [6.07, 6.45) is 1.73. The highest BCUT2D eigenvalue weighted by Crippen LogP contribution is 2.24. The van der Waals surface area contributed by atoms with Crippen LogP contribution in [0.3, 0.4) is 0 Å². The van der Waals surface area contributed by atoms with E-state index in [-0.39, 0.29) is 0 Å². The molecule has 0 aliphatic rings. The second kappa shape index (κ2) is 6.24. The van der Waals surface area contributed by atoms with Crippen LogP contribution in [-0.2, 0) is 11.6 Å². The van der Waals surface area contributed by atoms with Crippen molar-refractivity contribution in [3.63, 3.8) is 0 Å². The van der Waals surface area contributed by atoms with Gasteiger partial charge < -0.3 is 0 Å². The Morgan fingerprint density at radius 1 is 1.24 bits per heavy atom. The molecule has 1 aromatic carbocycles. The van der Waals surface area contributed by atoms with Crippen molar-refractivity contribution in [2.75, 3.05) is 0 Å². The van der Waals surface area contributed by atoms with Crippen molar-refractivity contribution in [2.45, 2.75) is 16.5 Å². The van der Waals surface area contributed by atoms with Crippen LogP contribution in [0.5, 0.6) is 0 Å². The fourth-order valence-corrected chi connectivity index (χ4v) is 2.51. The molecule has 2 aromatic rings. The number of benzene rings is 1. The van der Waals surface area contributed by atoms with Crippen molar-refractivity contribution in [1.82, 2.24) is 9.97 Å². The second-order valence-corrected chi connectivity index (χ2v) is 5.10. The van der Waals surface area contributed by atoms with Gasteiger partial charge in [-0.1, -0.05) is 17.7 Å². The summed E-state index contributed by atoms with van der Waals surface area (Å²) in [5, 5.41) is 0.741. The third kappa shape index (κ3) is 3.87. The summed E-state index contributed by atoms with van der Waals surface area (Å²) in [6, 6.07) is 9.55. The predicted octanol–water partition coefficient (Wildman–Crippen LogP) is 4.16. The molecule has 0 unspecified atom stereocenters. The van der Waals surface area contributed by atoms with Crippen LogP contribution in [0.4, 0.5) is 0 Å². The molecule has 5 heteroatoms. The molecule has 0 radical (unpaired) electrons. The molecule has 2 nitrogen and oxygen atoms in total. The fourth-order valence-electron chi connectivity index (χ4n) is 1.29. The van der Waals surface area contributed by atoms with Gasteiger partial charge in [0, 0.05) is 16.1 Å². The number of rotatable bonds is 4. The summed E-state index contributed by atoms with van der Waals surface area (Å²) in [5.74, 6) is 1.91. The van der Waals surface area contributed by atoms with Gasteiger partial charge in [0.2, 0.25) is 0 Å². The van der Waals surface area contributed by atoms with Crippen molar-refractivity contribution >= 4 is 35.0 Å². The third-order valence-corrected chi connectivity index (χ3v) is 3.56. The summed E-state index contributed by atoms with van der Waals surface area (Å²) in [7, 11) is 0. The Hall–Kier alpha value is -0.770. The molecule has 17 heavy (non-hydrogen) atoms. The predicted molar refractivity (Wildman–Crippen MR) is 72.6 cm³/mol. The minimum absolute atomic E-state index is 0.414. The Bertz CT molecular complexity index is 505. The van der Waals surface area contributed by atoms with Crippen molar-refractivity contribution in [3.8, 4) is 0 Å². The van der Waals surface area contributed by atoms with Crippen molar-refractivity contribution in [2.24, 2.45) is 0 Å². The van der Waals surface area contributed by atoms with E-state index in [9.17, 15) is 0 Å². The van der Waals surface area contributed by atoms with Crippen LogP contribution in [0.15, 0.2) is 41.4 Å². The number of thioether (sulfide) groups is 1. The molecule has 0 fully saturated rings. The normalized spacial score (nSPS) is 10.5. The molecule has 0 N–H and O–H groups in total. The maximum absolute atomic E-state index is 5.91. The van der Waals surface area contributed by atoms with Crippen LogP contribution in [0.25, 0.3) is 0 Å². The molecular formula is C12H10Cl2N2S. The van der Waals surface area contributed by atoms with Crippen molar-refractivity contribution in [1.29, 1.82) is 0 Å². The highest BCUT2D eigenvalue weighted by Gasteiger charge is 2.01. The Morgan fingerprint density at radius 3 is 2.88 bits per heavy atom. The highest BCUT2D eigenvalue weighted by molar-refractivity contribution is 7.98. The molecule has 0 aliphatic carbocycles. The number of alkyl halides is 1. The third-order valence-electron chi connectivity index (χ3n) is 2.06. The SMILES string of the molecule is ClCc1ccnc(CSc2cccc(Cl)c2)n1. The van der Waals surface area contributed by atoms with Gasteiger partial charge in [0.1, 0.15) is 5.82 Å². The average Bonchev–Trinajstić information content (AvgIpc) is 2.37. The Morgan fingerprint density at radius 2 is 2.12 bits per heavy atom. The minimum Gasteiger partial charge on any atom is -0.240 e. The number of aromatic nitrogens is 2. The quantitative estimate of drug-likeness (QED) is 0.623. The molecule has 0 atom stereocenters. The lowest BCUT2D eigenvalue weighted by Gasteiger charge is -2.02. The van der Waals surface area contributed by atoms with E-state index in [1.54, 1.807) is 18.0 Å². The molecule has 1 heterocycles. The second-order valence-electron chi connectivity index (χ2n) is 3.34. The first-order valence-electron chi connectivity index (χ1n) is 5.03. The number of halogens is 2. The molecule has 0 saturated carbocycles. The van der Waals surface area contributed by atoms with Gasteiger partial charge in [0.15, 0.2) is 0 Å². The Labute approximate surface area is 114 Å². The molecule has 1 aromatic heterocycles. The first-order valence-corrected chi connectivity index (χ1v) is 6.93. The van der Waals surface area contributed by atoms with Crippen LogP contribution in [-0.4, -0.2) is 9.97 Å². The Balaban J connectivity index is 2.02. The maximum atomic E-state index is 5.91. The van der Waals surface area contributed by atoms with E-state index in [1.807, 2.05) is 30.3 Å². The van der Waals surface area contributed by atoms with E-state index in [2.05, 4.69) is 9.97 Å². The number of hydrogen-bond acceptors (Lipinski definition) is 3. The van der Waals surface area contributed by atoms with Gasteiger partial charge in [-0.25, -0.2) is 9.97 Å². The topological polar surface area (TPSA) is 25.8 Å². The van der Waals surface area contributed by atoms with E-state index >= 15 is 0 Å². The van der Waals surface area contributed by atoms with Gasteiger partial charge in [-0.05, 0) is 24.3 Å². The standard InChI is InChI=1S/C12H10Cl2N2S/c13-7-10-4-5-15-12(16-10)8-17-11-3-1-2-9(14)6-11/h1-6H,7-8H2. The lowest BCUT2D eigenvalue weighted by Crippen LogP contribution is -1.95. The van der Waals surface area contributed by atoms with E-state index in [4.69, 9.17) is 23.2 Å². The first-order chi connectivity index (χ1) is 8.28. The van der Waals surface area contributed by atoms with Gasteiger partial charge in [-0.3, -0.25) is 0 Å². The average molecular weight is 285 g/mol. The Kier molecular flexibility index (Phi) is 4.66. The number of nitrogens with zero attached hydrogens (tertiary/aromatic N) is 2. The lowest BCUT2D eigenvalue weighted by molar-refractivity contribution is 0.986. The van der Waals surface area contributed by atoms with E-state index in [1.165, 1.54) is 0 Å². The molecule has 88 valence electrons. The van der Waals surface area contributed by atoms with Crippen LogP contribution < -0.4 is 0 Å². The van der Waals surface area contributed by atoms with Crippen LogP contribution in [0, 0.1) is 0 Å². The fraction of sp³-hybridized carbons (Fsp3) is 0.167. The zero-order valence-corrected chi connectivity index (χ0v) is 11.3. The molecule has 0 bridgehead atoms. The summed E-state index contributed by atoms with van der Waals surface area (Å²) in [5.41, 5.74) is 0.850. The van der Waals surface area contributed by atoms with Crippen LogP contribution in [0.1, 0.15) is 11.5 Å². The molecule has 0 amide bonds. The largest absolute Gasteiger partial charge is 0.240 e. The van der Waals surface area contributed by atoms with Crippen LogP contribution >= 0.6 is 35.0 Å². The summed E-state index contributed by atoms with van der Waals surface area (Å²) < 4.78 is 0. The summed E-state index contributed by atoms with van der Waals surface area (Å²) in [4.78, 5) is 9.64. The van der Waals surface area contributed by atoms with Crippen LogP contribution in [0.2, 0.25) is 5.02 Å². The lowest BCUT2D eigenvalue weighted by atomic mass is 10.4. The highest BCUT2D eigenvalue weighted by atomic mass is 35.5. The molecule has 0 spiro atoms. The van der Waals surface area contributed by atoms with Gasteiger partial charge in [0.25, 0.3) is 0 Å². The summed E-state index contributed by atoms with van der Waals surface area (Å²) in [6.45, 7) is 0. The van der Waals surface area contributed by atoms with Gasteiger partial charge in [0.05, 0.1) is 17.3 Å². The van der Waals surface area contributed by atoms with Gasteiger partial charge >= 0.3 is 0 Å². The zero-order chi connectivity index (χ0) is 12.1. The van der Waals surface area contributed by atoms with E-state index in [0.29, 0.717) is 11.6 Å². The first kappa shape index (κ1) is 12.7. The minimum atomic E-state index is 0.414. The number of hydrogen-bond donors (Lipinski definition) is 0. The molecule has 0 aliphatic heterocycles. The van der Waals surface area contributed by atoms with E-state index < -0.39 is 0 Å². The van der Waals surface area contributed by atoms with Gasteiger partial charge in [-0.15, -0.1) is 23.4 Å². The molecule has 0 saturated heterocycles. The smallest absolute Gasteiger partial charge is 0.138 e. The molecular weight excluding hydrogens is 275 g/mol.